The van der Waals surface area contributed by atoms with Crippen LogP contribution in [0, 0.1) is 0 Å². The van der Waals surface area contributed by atoms with Gasteiger partial charge in [0.1, 0.15) is 5.54 Å². The van der Waals surface area contributed by atoms with Crippen LogP contribution >= 0.6 is 0 Å². The number of rotatable bonds is 8. The van der Waals surface area contributed by atoms with Crippen molar-refractivity contribution in [3.05, 3.63) is 36.4 Å². The molecule has 1 aromatic rings. The molecule has 0 bridgehead atoms. The van der Waals surface area contributed by atoms with Gasteiger partial charge in [0.2, 0.25) is 0 Å². The number of carbonyl (C=O) groups is 2. The molecule has 0 spiro atoms. The Kier molecular flexibility index (Phi) is 5.84. The highest BCUT2D eigenvalue weighted by atomic mass is 16.5. The van der Waals surface area contributed by atoms with Gasteiger partial charge in [-0.15, -0.1) is 6.58 Å². The van der Waals surface area contributed by atoms with Gasteiger partial charge in [0, 0.05) is 0 Å². The van der Waals surface area contributed by atoms with E-state index in [4.69, 9.17) is 9.47 Å². The normalized spacial score (nSPS) is 15.5. The zero-order chi connectivity index (χ0) is 17.6. The third-order valence-corrected chi connectivity index (χ3v) is 4.21. The maximum atomic E-state index is 12.1. The molecule has 0 unspecified atom stereocenters. The van der Waals surface area contributed by atoms with Gasteiger partial charge < -0.3 is 19.9 Å². The molecule has 1 aliphatic rings. The molecule has 1 fully saturated rings. The number of aliphatic carboxylic acids is 1. The van der Waals surface area contributed by atoms with Crippen LogP contribution in [0.1, 0.15) is 31.2 Å². The van der Waals surface area contributed by atoms with Crippen molar-refractivity contribution in [3.8, 4) is 11.5 Å². The van der Waals surface area contributed by atoms with E-state index in [1.807, 2.05) is 12.1 Å². The Morgan fingerprint density at radius 1 is 1.33 bits per heavy atom. The van der Waals surface area contributed by atoms with Crippen molar-refractivity contribution < 1.29 is 24.2 Å². The van der Waals surface area contributed by atoms with E-state index in [1.54, 1.807) is 12.1 Å². The summed E-state index contributed by atoms with van der Waals surface area (Å²) in [5.41, 5.74) is -0.132. The van der Waals surface area contributed by atoms with E-state index in [-0.39, 0.29) is 6.61 Å². The fourth-order valence-electron chi connectivity index (χ4n) is 2.94. The Morgan fingerprint density at radius 3 is 2.62 bits per heavy atom. The second kappa shape index (κ2) is 7.86. The molecule has 6 nitrogen and oxygen atoms in total. The topological polar surface area (TPSA) is 84.9 Å². The van der Waals surface area contributed by atoms with E-state index in [0.29, 0.717) is 30.8 Å². The number of carboxylic acid groups (broad SMARTS) is 1. The molecule has 0 heterocycles. The molecule has 1 aromatic carbocycles. The van der Waals surface area contributed by atoms with E-state index in [2.05, 4.69) is 11.9 Å². The third-order valence-electron chi connectivity index (χ3n) is 4.21. The second-order valence-electron chi connectivity index (χ2n) is 5.91. The van der Waals surface area contributed by atoms with E-state index in [9.17, 15) is 14.7 Å². The van der Waals surface area contributed by atoms with Gasteiger partial charge in [-0.1, -0.05) is 25.0 Å². The minimum atomic E-state index is -1.15. The van der Waals surface area contributed by atoms with Gasteiger partial charge in [-0.2, -0.15) is 0 Å². The van der Waals surface area contributed by atoms with Crippen LogP contribution in [0.5, 0.6) is 11.5 Å². The Labute approximate surface area is 141 Å². The van der Waals surface area contributed by atoms with Gasteiger partial charge in [-0.05, 0) is 37.0 Å². The Hall–Kier alpha value is -2.50. The third kappa shape index (κ3) is 4.07. The number of carbonyl (C=O) groups excluding carboxylic acids is 1. The molecule has 0 aromatic heterocycles. The minimum Gasteiger partial charge on any atom is -0.493 e. The zero-order valence-corrected chi connectivity index (χ0v) is 13.8. The van der Waals surface area contributed by atoms with Crippen LogP contribution in [0.15, 0.2) is 30.9 Å². The number of benzene rings is 1. The average Bonchev–Trinajstić information content (AvgIpc) is 3.03. The molecule has 0 atom stereocenters. The van der Waals surface area contributed by atoms with Gasteiger partial charge >= 0.3 is 5.97 Å². The van der Waals surface area contributed by atoms with Crippen LogP contribution in [-0.4, -0.2) is 36.2 Å². The molecule has 2 rings (SSSR count). The molecule has 2 N–H and O–H groups in total. The summed E-state index contributed by atoms with van der Waals surface area (Å²) in [6.45, 7) is 3.43. The molecule has 6 heteroatoms. The molecule has 0 saturated heterocycles. The number of ether oxygens (including phenoxy) is 2. The van der Waals surface area contributed by atoms with Crippen LogP contribution < -0.4 is 14.8 Å². The van der Waals surface area contributed by atoms with Crippen LogP contribution in [-0.2, 0) is 16.0 Å². The molecule has 0 aliphatic heterocycles. The molecular formula is C18H23NO5. The smallest absolute Gasteiger partial charge is 0.329 e. The molecule has 1 amide bonds. The van der Waals surface area contributed by atoms with E-state index < -0.39 is 17.4 Å². The van der Waals surface area contributed by atoms with Crippen molar-refractivity contribution in [2.75, 3.05) is 13.7 Å². The highest BCUT2D eigenvalue weighted by Gasteiger charge is 2.42. The number of allylic oxidation sites excluding steroid dienone is 1. The summed E-state index contributed by atoms with van der Waals surface area (Å²) in [6, 6.07) is 5.42. The lowest BCUT2D eigenvalue weighted by Gasteiger charge is -2.25. The summed E-state index contributed by atoms with van der Waals surface area (Å²) in [6.07, 6.45) is 4.99. The van der Waals surface area contributed by atoms with Crippen LogP contribution in [0.4, 0.5) is 0 Å². The number of hydrogen-bond donors (Lipinski definition) is 2. The van der Waals surface area contributed by atoms with Gasteiger partial charge in [0.25, 0.3) is 5.91 Å². The predicted molar refractivity (Wildman–Crippen MR) is 89.4 cm³/mol. The minimum absolute atomic E-state index is 0.258. The lowest BCUT2D eigenvalue weighted by Crippen LogP contribution is -2.53. The summed E-state index contributed by atoms with van der Waals surface area (Å²) in [4.78, 5) is 23.5. The van der Waals surface area contributed by atoms with E-state index in [1.165, 1.54) is 7.11 Å². The summed E-state index contributed by atoms with van der Waals surface area (Å²) in [7, 11) is 1.53. The molecular weight excluding hydrogens is 310 g/mol. The maximum Gasteiger partial charge on any atom is 0.329 e. The quantitative estimate of drug-likeness (QED) is 0.713. The van der Waals surface area contributed by atoms with Crippen LogP contribution in [0.25, 0.3) is 0 Å². The van der Waals surface area contributed by atoms with Crippen molar-refractivity contribution in [2.24, 2.45) is 0 Å². The number of amides is 1. The molecule has 1 saturated carbocycles. The number of carboxylic acids is 1. The van der Waals surface area contributed by atoms with Crippen molar-refractivity contribution >= 4 is 11.9 Å². The maximum absolute atomic E-state index is 12.1. The van der Waals surface area contributed by atoms with E-state index in [0.717, 1.165) is 18.4 Å². The second-order valence-corrected chi connectivity index (χ2v) is 5.91. The number of nitrogens with one attached hydrogen (secondary N) is 1. The zero-order valence-electron chi connectivity index (χ0n) is 13.8. The molecule has 0 radical (unpaired) electrons. The predicted octanol–water partition coefficient (Wildman–Crippen LogP) is 2.32. The van der Waals surface area contributed by atoms with Gasteiger partial charge in [-0.25, -0.2) is 4.79 Å². The van der Waals surface area contributed by atoms with Crippen molar-refractivity contribution in [2.45, 2.75) is 37.6 Å². The van der Waals surface area contributed by atoms with Gasteiger partial charge in [0.15, 0.2) is 18.1 Å². The summed E-state index contributed by atoms with van der Waals surface area (Å²) in [5, 5.41) is 12.0. The largest absolute Gasteiger partial charge is 0.493 e. The van der Waals surface area contributed by atoms with Crippen molar-refractivity contribution in [1.82, 2.24) is 5.32 Å². The van der Waals surface area contributed by atoms with E-state index >= 15 is 0 Å². The SMILES string of the molecule is C=CCc1ccc(OCC(=O)NC2(C(=O)O)CCCC2)c(OC)c1. The Bertz CT molecular complexity index is 620. The first-order valence-electron chi connectivity index (χ1n) is 7.96. The first-order chi connectivity index (χ1) is 11.5. The fourth-order valence-corrected chi connectivity index (χ4v) is 2.94. The van der Waals surface area contributed by atoms with Gasteiger partial charge in [-0.3, -0.25) is 4.79 Å². The Balaban J connectivity index is 1.98. The average molecular weight is 333 g/mol. The first kappa shape index (κ1) is 17.8. The van der Waals surface area contributed by atoms with Crippen LogP contribution in [0.2, 0.25) is 0 Å². The summed E-state index contributed by atoms with van der Waals surface area (Å²) < 4.78 is 10.8. The first-order valence-corrected chi connectivity index (χ1v) is 7.96. The molecule has 1 aliphatic carbocycles. The number of hydrogen-bond acceptors (Lipinski definition) is 4. The van der Waals surface area contributed by atoms with Crippen molar-refractivity contribution in [3.63, 3.8) is 0 Å². The molecule has 24 heavy (non-hydrogen) atoms. The monoisotopic (exact) mass is 333 g/mol. The van der Waals surface area contributed by atoms with Gasteiger partial charge in [0.05, 0.1) is 7.11 Å². The summed E-state index contributed by atoms with van der Waals surface area (Å²) >= 11 is 0. The lowest BCUT2D eigenvalue weighted by atomic mass is 9.98. The van der Waals surface area contributed by atoms with Crippen LogP contribution in [0.3, 0.4) is 0 Å². The summed E-state index contributed by atoms with van der Waals surface area (Å²) in [5.74, 6) is -0.469. The standard InChI is InChI=1S/C18H23NO5/c1-3-6-13-7-8-14(15(11-13)23-2)24-12-16(20)19-18(17(21)22)9-4-5-10-18/h3,7-8,11H,1,4-6,9-10,12H2,2H3,(H,19,20)(H,21,22). The fraction of sp³-hybridized carbons (Fsp3) is 0.444. The molecule has 130 valence electrons. The number of methoxy groups -OCH3 is 1. The highest BCUT2D eigenvalue weighted by molar-refractivity contribution is 5.88. The Morgan fingerprint density at radius 2 is 2.04 bits per heavy atom. The highest BCUT2D eigenvalue weighted by Crippen LogP contribution is 2.30. The lowest BCUT2D eigenvalue weighted by molar-refractivity contribution is -0.147. The van der Waals surface area contributed by atoms with Crippen molar-refractivity contribution in [1.29, 1.82) is 0 Å².